The lowest BCUT2D eigenvalue weighted by Crippen LogP contribution is -2.21. The number of nitrogens with two attached hydrogens (primary N) is 1. The highest BCUT2D eigenvalue weighted by Crippen LogP contribution is 2.13. The highest BCUT2D eigenvalue weighted by Gasteiger charge is 2.13. The summed E-state index contributed by atoms with van der Waals surface area (Å²) in [6, 6.07) is 7.10. The molecule has 0 aliphatic heterocycles. The number of rotatable bonds is 5. The van der Waals surface area contributed by atoms with Gasteiger partial charge in [0, 0.05) is 11.8 Å². The minimum atomic E-state index is -3.85. The Morgan fingerprint density at radius 1 is 1.04 bits per heavy atom. The fourth-order valence-corrected chi connectivity index (χ4v) is 2.33. The molecule has 2 aromatic rings. The molecule has 7 nitrogen and oxygen atoms in total. The largest absolute Gasteiger partial charge is 0.452 e. The minimum absolute atomic E-state index is 0.134. The number of primary sulfonamides is 1. The van der Waals surface area contributed by atoms with Gasteiger partial charge in [0.2, 0.25) is 10.0 Å². The number of carbonyl (C=O) groups is 2. The Labute approximate surface area is 141 Å². The molecule has 0 aliphatic carbocycles. The summed E-state index contributed by atoms with van der Waals surface area (Å²) >= 11 is 0. The van der Waals surface area contributed by atoms with E-state index < -0.39 is 40.1 Å². The lowest BCUT2D eigenvalue weighted by atomic mass is 10.2. The topological polar surface area (TPSA) is 116 Å². The van der Waals surface area contributed by atoms with Gasteiger partial charge in [-0.05, 0) is 36.4 Å². The maximum Gasteiger partial charge on any atom is 0.338 e. The fourth-order valence-electron chi connectivity index (χ4n) is 1.81. The lowest BCUT2D eigenvalue weighted by Gasteiger charge is -2.07. The predicted molar refractivity (Wildman–Crippen MR) is 83.1 cm³/mol. The first-order chi connectivity index (χ1) is 11.6. The van der Waals surface area contributed by atoms with Crippen LogP contribution in [0.3, 0.4) is 0 Å². The number of amides is 1. The molecular weight excluding hydrogens is 358 g/mol. The van der Waals surface area contributed by atoms with Crippen molar-refractivity contribution in [1.29, 1.82) is 0 Å². The molecule has 0 saturated carbocycles. The van der Waals surface area contributed by atoms with Crippen LogP contribution in [-0.2, 0) is 19.6 Å². The van der Waals surface area contributed by atoms with Gasteiger partial charge < -0.3 is 10.1 Å². The maximum absolute atomic E-state index is 13.0. The summed E-state index contributed by atoms with van der Waals surface area (Å²) in [5.41, 5.74) is -0.131. The van der Waals surface area contributed by atoms with Gasteiger partial charge in [-0.15, -0.1) is 0 Å². The first kappa shape index (κ1) is 18.5. The van der Waals surface area contributed by atoms with E-state index in [0.717, 1.165) is 12.1 Å². The predicted octanol–water partition coefficient (Wildman–Crippen LogP) is 1.41. The van der Waals surface area contributed by atoms with Crippen LogP contribution in [0.2, 0.25) is 0 Å². The summed E-state index contributed by atoms with van der Waals surface area (Å²) in [5, 5.41) is 7.29. The van der Waals surface area contributed by atoms with Crippen LogP contribution in [0.4, 0.5) is 14.5 Å². The second-order valence-corrected chi connectivity index (χ2v) is 6.41. The van der Waals surface area contributed by atoms with Gasteiger partial charge in [-0.3, -0.25) is 4.79 Å². The Kier molecular flexibility index (Phi) is 5.45. The summed E-state index contributed by atoms with van der Waals surface area (Å²) in [6.07, 6.45) is 0. The number of anilines is 1. The number of nitrogens with one attached hydrogen (secondary N) is 1. The molecule has 132 valence electrons. The third-order valence-electron chi connectivity index (χ3n) is 2.90. The first-order valence-corrected chi connectivity index (χ1v) is 8.26. The van der Waals surface area contributed by atoms with Crippen LogP contribution < -0.4 is 10.5 Å². The van der Waals surface area contributed by atoms with Gasteiger partial charge in [0.1, 0.15) is 11.6 Å². The highest BCUT2D eigenvalue weighted by molar-refractivity contribution is 7.89. The molecule has 0 saturated heterocycles. The zero-order chi connectivity index (χ0) is 18.6. The SMILES string of the molecule is NS(=O)(=O)c1ccc(NC(=O)COC(=O)c2cc(F)cc(F)c2)cc1. The van der Waals surface area contributed by atoms with Crippen LogP contribution in [0.25, 0.3) is 0 Å². The molecule has 0 radical (unpaired) electrons. The molecule has 0 aromatic heterocycles. The molecule has 0 heterocycles. The second-order valence-electron chi connectivity index (χ2n) is 4.85. The Balaban J connectivity index is 1.93. The van der Waals surface area contributed by atoms with Crippen molar-refractivity contribution in [2.24, 2.45) is 5.14 Å². The number of ether oxygens (including phenoxy) is 1. The van der Waals surface area contributed by atoms with Crippen LogP contribution in [0.15, 0.2) is 47.4 Å². The van der Waals surface area contributed by atoms with Gasteiger partial charge >= 0.3 is 5.97 Å². The summed E-state index contributed by atoms with van der Waals surface area (Å²) in [7, 11) is -3.85. The van der Waals surface area contributed by atoms with Crippen molar-refractivity contribution in [2.75, 3.05) is 11.9 Å². The molecule has 0 aliphatic rings. The number of carbonyl (C=O) groups excluding carboxylic acids is 2. The molecular formula is C15H12F2N2O5S. The molecule has 3 N–H and O–H groups in total. The Hall–Kier alpha value is -2.85. The van der Waals surface area contributed by atoms with E-state index in [1.807, 2.05) is 0 Å². The van der Waals surface area contributed by atoms with E-state index in [-0.39, 0.29) is 16.1 Å². The molecule has 0 unspecified atom stereocenters. The van der Waals surface area contributed by atoms with Crippen molar-refractivity contribution in [3.8, 4) is 0 Å². The van der Waals surface area contributed by atoms with E-state index in [9.17, 15) is 26.8 Å². The molecule has 0 spiro atoms. The molecule has 10 heteroatoms. The molecule has 0 fully saturated rings. The van der Waals surface area contributed by atoms with E-state index in [1.54, 1.807) is 0 Å². The van der Waals surface area contributed by atoms with Crippen molar-refractivity contribution in [2.45, 2.75) is 4.90 Å². The standard InChI is InChI=1S/C15H12F2N2O5S/c16-10-5-9(6-11(17)7-10)15(21)24-8-14(20)19-12-1-3-13(4-2-12)25(18,22)23/h1-7H,8H2,(H,19,20)(H2,18,22,23). The average molecular weight is 370 g/mol. The minimum Gasteiger partial charge on any atom is -0.452 e. The van der Waals surface area contributed by atoms with E-state index >= 15 is 0 Å². The van der Waals surface area contributed by atoms with Gasteiger partial charge in [-0.2, -0.15) is 0 Å². The zero-order valence-electron chi connectivity index (χ0n) is 12.5. The van der Waals surface area contributed by atoms with Gasteiger partial charge in [-0.25, -0.2) is 27.1 Å². The molecule has 2 rings (SSSR count). The quantitative estimate of drug-likeness (QED) is 0.772. The second kappa shape index (κ2) is 7.36. The normalized spacial score (nSPS) is 11.0. The van der Waals surface area contributed by atoms with Crippen molar-refractivity contribution in [1.82, 2.24) is 0 Å². The van der Waals surface area contributed by atoms with Gasteiger partial charge in [-0.1, -0.05) is 0 Å². The van der Waals surface area contributed by atoms with Crippen LogP contribution in [0.1, 0.15) is 10.4 Å². The smallest absolute Gasteiger partial charge is 0.338 e. The summed E-state index contributed by atoms with van der Waals surface area (Å²) < 4.78 is 52.9. The molecule has 25 heavy (non-hydrogen) atoms. The molecule has 1 amide bonds. The molecule has 2 aromatic carbocycles. The molecule has 0 atom stereocenters. The summed E-state index contributed by atoms with van der Waals surface area (Å²) in [6.45, 7) is -0.700. The van der Waals surface area contributed by atoms with Crippen LogP contribution in [0, 0.1) is 11.6 Å². The summed E-state index contributed by atoms with van der Waals surface area (Å²) in [4.78, 5) is 23.2. The van der Waals surface area contributed by atoms with Gasteiger partial charge in [0.15, 0.2) is 6.61 Å². The van der Waals surface area contributed by atoms with Crippen molar-refractivity contribution in [3.05, 3.63) is 59.7 Å². The van der Waals surface area contributed by atoms with Gasteiger partial charge in [0.05, 0.1) is 10.5 Å². The Bertz CT molecular complexity index is 894. The van der Waals surface area contributed by atoms with Crippen LogP contribution >= 0.6 is 0 Å². The van der Waals surface area contributed by atoms with Crippen molar-refractivity contribution < 1.29 is 31.5 Å². The van der Waals surface area contributed by atoms with E-state index in [0.29, 0.717) is 6.07 Å². The Morgan fingerprint density at radius 2 is 1.60 bits per heavy atom. The van der Waals surface area contributed by atoms with Gasteiger partial charge in [0.25, 0.3) is 5.91 Å². The number of esters is 1. The number of sulfonamides is 1. The molecule has 0 bridgehead atoms. The zero-order valence-corrected chi connectivity index (χ0v) is 13.3. The average Bonchev–Trinajstić information content (AvgIpc) is 2.51. The van der Waals surface area contributed by atoms with E-state index in [4.69, 9.17) is 5.14 Å². The monoisotopic (exact) mass is 370 g/mol. The van der Waals surface area contributed by atoms with Crippen LogP contribution in [0.5, 0.6) is 0 Å². The maximum atomic E-state index is 13.0. The van der Waals surface area contributed by atoms with E-state index in [1.165, 1.54) is 24.3 Å². The third kappa shape index (κ3) is 5.33. The summed E-state index contributed by atoms with van der Waals surface area (Å²) in [5.74, 6) is -3.70. The number of benzene rings is 2. The number of hydrogen-bond acceptors (Lipinski definition) is 5. The Morgan fingerprint density at radius 3 is 2.12 bits per heavy atom. The van der Waals surface area contributed by atoms with Crippen LogP contribution in [-0.4, -0.2) is 26.9 Å². The third-order valence-corrected chi connectivity index (χ3v) is 3.83. The van der Waals surface area contributed by atoms with E-state index in [2.05, 4.69) is 10.1 Å². The number of hydrogen-bond donors (Lipinski definition) is 2. The van der Waals surface area contributed by atoms with Crippen molar-refractivity contribution >= 4 is 27.6 Å². The highest BCUT2D eigenvalue weighted by atomic mass is 32.2. The fraction of sp³-hybridized carbons (Fsp3) is 0.0667. The lowest BCUT2D eigenvalue weighted by molar-refractivity contribution is -0.119. The van der Waals surface area contributed by atoms with Crippen molar-refractivity contribution in [3.63, 3.8) is 0 Å². The first-order valence-electron chi connectivity index (χ1n) is 6.71. The number of halogens is 2.